The summed E-state index contributed by atoms with van der Waals surface area (Å²) in [5.74, 6) is 0.433. The molecule has 5 rings (SSSR count). The minimum atomic E-state index is -0.318. The van der Waals surface area contributed by atoms with Gasteiger partial charge in [0.25, 0.3) is 0 Å². The van der Waals surface area contributed by atoms with Crippen LogP contribution in [0.1, 0.15) is 17.8 Å². The molecule has 0 radical (unpaired) electrons. The maximum Gasteiger partial charge on any atom is 0.135 e. The van der Waals surface area contributed by atoms with Gasteiger partial charge in [-0.2, -0.15) is 0 Å². The van der Waals surface area contributed by atoms with E-state index in [-0.39, 0.29) is 17.2 Å². The zero-order valence-corrected chi connectivity index (χ0v) is 15.4. The van der Waals surface area contributed by atoms with Crippen molar-refractivity contribution in [3.8, 4) is 11.3 Å². The summed E-state index contributed by atoms with van der Waals surface area (Å²) in [5.41, 5.74) is 2.11. The highest BCUT2D eigenvalue weighted by Gasteiger charge is 2.43. The third-order valence-corrected chi connectivity index (χ3v) is 5.76. The number of hydrogen-bond acceptors (Lipinski definition) is 3. The first-order valence-corrected chi connectivity index (χ1v) is 9.52. The third-order valence-electron chi connectivity index (χ3n) is 5.76. The van der Waals surface area contributed by atoms with Crippen molar-refractivity contribution >= 4 is 0 Å². The number of ether oxygens (including phenoxy) is 1. The molecule has 4 nitrogen and oxygen atoms in total. The van der Waals surface area contributed by atoms with Crippen LogP contribution in [0.5, 0.6) is 0 Å². The van der Waals surface area contributed by atoms with Crippen LogP contribution in [-0.4, -0.2) is 33.1 Å². The number of aromatic nitrogens is 2. The van der Waals surface area contributed by atoms with Gasteiger partial charge in [-0.15, -0.1) is 0 Å². The molecule has 1 atom stereocenters. The van der Waals surface area contributed by atoms with Crippen LogP contribution in [0.4, 0.5) is 8.78 Å². The average molecular weight is 381 g/mol. The summed E-state index contributed by atoms with van der Waals surface area (Å²) in [4.78, 5) is 6.71. The summed E-state index contributed by atoms with van der Waals surface area (Å²) in [7, 11) is 0. The smallest absolute Gasteiger partial charge is 0.135 e. The zero-order valence-electron chi connectivity index (χ0n) is 15.4. The number of benzene rings is 2. The van der Waals surface area contributed by atoms with E-state index in [1.54, 1.807) is 18.3 Å². The Kier molecular flexibility index (Phi) is 4.25. The second kappa shape index (κ2) is 6.79. The second-order valence-corrected chi connectivity index (χ2v) is 7.68. The minimum Gasteiger partial charge on any atom is -0.364 e. The maximum atomic E-state index is 14.0. The van der Waals surface area contributed by atoms with Gasteiger partial charge in [0.15, 0.2) is 0 Å². The molecule has 28 heavy (non-hydrogen) atoms. The molecule has 2 aromatic carbocycles. The first-order valence-electron chi connectivity index (χ1n) is 9.52. The lowest BCUT2D eigenvalue weighted by Gasteiger charge is -2.35. The quantitative estimate of drug-likeness (QED) is 0.687. The van der Waals surface area contributed by atoms with Crippen LogP contribution in [0, 0.1) is 11.6 Å². The van der Waals surface area contributed by atoms with E-state index in [2.05, 4.69) is 14.5 Å². The van der Waals surface area contributed by atoms with Crippen LogP contribution in [0.15, 0.2) is 54.7 Å². The van der Waals surface area contributed by atoms with Gasteiger partial charge in [0.05, 0.1) is 18.4 Å². The van der Waals surface area contributed by atoms with Crippen molar-refractivity contribution in [3.63, 3.8) is 0 Å². The van der Waals surface area contributed by atoms with E-state index in [9.17, 15) is 8.78 Å². The topological polar surface area (TPSA) is 30.3 Å². The van der Waals surface area contributed by atoms with Crippen LogP contribution in [0.2, 0.25) is 0 Å². The normalized spacial score (nSPS) is 21.9. The van der Waals surface area contributed by atoms with Gasteiger partial charge >= 0.3 is 0 Å². The average Bonchev–Trinajstić information content (AvgIpc) is 3.28. The molecule has 3 aromatic rings. The Labute approximate surface area is 162 Å². The van der Waals surface area contributed by atoms with E-state index >= 15 is 0 Å². The molecule has 144 valence electrons. The number of hydrogen-bond donors (Lipinski definition) is 0. The second-order valence-electron chi connectivity index (χ2n) is 7.68. The van der Waals surface area contributed by atoms with Gasteiger partial charge in [-0.25, -0.2) is 13.8 Å². The number of nitrogens with zero attached hydrogens (tertiary/aromatic N) is 3. The maximum absolute atomic E-state index is 14.0. The molecule has 2 aliphatic rings. The van der Waals surface area contributed by atoms with Crippen LogP contribution in [0.25, 0.3) is 11.3 Å². The van der Waals surface area contributed by atoms with Gasteiger partial charge in [-0.05, 0) is 24.6 Å². The van der Waals surface area contributed by atoms with Gasteiger partial charge in [-0.1, -0.05) is 30.3 Å². The van der Waals surface area contributed by atoms with Crippen molar-refractivity contribution in [2.45, 2.75) is 31.7 Å². The van der Waals surface area contributed by atoms with Crippen molar-refractivity contribution in [1.29, 1.82) is 0 Å². The van der Waals surface area contributed by atoms with Crippen LogP contribution in [-0.2, 0) is 24.4 Å². The number of likely N-dealkylation sites (tertiary alicyclic amines) is 1. The Bertz CT molecular complexity index is 1020. The SMILES string of the molecule is Fc1cccc(-c2cnc3n2C[C@]2(CCN(Cc4ccccc4F)C2)OC3)c1. The van der Waals surface area contributed by atoms with E-state index in [0.717, 1.165) is 36.6 Å². The van der Waals surface area contributed by atoms with Gasteiger partial charge in [0.1, 0.15) is 29.7 Å². The van der Waals surface area contributed by atoms with Crippen molar-refractivity contribution in [2.24, 2.45) is 0 Å². The Morgan fingerprint density at radius 3 is 2.82 bits per heavy atom. The number of imidazole rings is 1. The molecular weight excluding hydrogens is 360 g/mol. The largest absolute Gasteiger partial charge is 0.364 e. The number of halogens is 2. The molecule has 1 saturated heterocycles. The van der Waals surface area contributed by atoms with Crippen molar-refractivity contribution < 1.29 is 13.5 Å². The third kappa shape index (κ3) is 3.12. The monoisotopic (exact) mass is 381 g/mol. The predicted octanol–water partition coefficient (Wildman–Crippen LogP) is 4.00. The molecule has 3 heterocycles. The summed E-state index contributed by atoms with van der Waals surface area (Å²) in [6.07, 6.45) is 2.67. The Morgan fingerprint density at radius 2 is 1.96 bits per heavy atom. The fourth-order valence-corrected chi connectivity index (χ4v) is 4.31. The summed E-state index contributed by atoms with van der Waals surface area (Å²) in [6.45, 7) is 3.27. The predicted molar refractivity (Wildman–Crippen MR) is 101 cm³/mol. The molecule has 0 bridgehead atoms. The lowest BCUT2D eigenvalue weighted by molar-refractivity contribution is -0.0821. The van der Waals surface area contributed by atoms with E-state index in [1.807, 2.05) is 18.2 Å². The zero-order chi connectivity index (χ0) is 19.1. The van der Waals surface area contributed by atoms with E-state index < -0.39 is 0 Å². The number of fused-ring (bicyclic) bond motifs is 1. The Balaban J connectivity index is 1.37. The first-order chi connectivity index (χ1) is 13.6. The molecule has 6 heteroatoms. The van der Waals surface area contributed by atoms with E-state index in [0.29, 0.717) is 25.3 Å². The summed E-state index contributed by atoms with van der Waals surface area (Å²) >= 11 is 0. The molecule has 1 fully saturated rings. The molecule has 1 spiro atoms. The van der Waals surface area contributed by atoms with Gasteiger partial charge in [0.2, 0.25) is 0 Å². The van der Waals surface area contributed by atoms with Crippen molar-refractivity contribution in [1.82, 2.24) is 14.5 Å². The fourth-order valence-electron chi connectivity index (χ4n) is 4.31. The van der Waals surface area contributed by atoms with Crippen LogP contribution >= 0.6 is 0 Å². The molecule has 0 saturated carbocycles. The highest BCUT2D eigenvalue weighted by molar-refractivity contribution is 5.59. The van der Waals surface area contributed by atoms with E-state index in [4.69, 9.17) is 4.74 Å². The van der Waals surface area contributed by atoms with Crippen LogP contribution in [0.3, 0.4) is 0 Å². The van der Waals surface area contributed by atoms with Gasteiger partial charge in [0, 0.05) is 30.8 Å². The molecule has 0 amide bonds. The highest BCUT2D eigenvalue weighted by Crippen LogP contribution is 2.35. The molecule has 1 aromatic heterocycles. The molecular formula is C22H21F2N3O. The standard InChI is InChI=1S/C22H21F2N3O/c23-18-6-3-5-16(10-18)20-11-25-21-13-28-22(15-27(20)21)8-9-26(14-22)12-17-4-1-2-7-19(17)24/h1-7,10-11H,8-9,12-15H2/t22-/m1/s1. The number of rotatable bonds is 3. The van der Waals surface area contributed by atoms with E-state index in [1.165, 1.54) is 18.2 Å². The lowest BCUT2D eigenvalue weighted by Crippen LogP contribution is -2.44. The highest BCUT2D eigenvalue weighted by atomic mass is 19.1. The molecule has 2 aliphatic heterocycles. The van der Waals surface area contributed by atoms with Crippen LogP contribution < -0.4 is 0 Å². The van der Waals surface area contributed by atoms with Gasteiger partial charge in [-0.3, -0.25) is 4.90 Å². The lowest BCUT2D eigenvalue weighted by atomic mass is 10.0. The van der Waals surface area contributed by atoms with Gasteiger partial charge < -0.3 is 9.30 Å². The Morgan fingerprint density at radius 1 is 1.07 bits per heavy atom. The molecule has 0 unspecified atom stereocenters. The fraction of sp³-hybridized carbons (Fsp3) is 0.318. The minimum absolute atomic E-state index is 0.168. The molecule has 0 aliphatic carbocycles. The summed E-state index contributed by atoms with van der Waals surface area (Å²) in [5, 5.41) is 0. The Hall–Kier alpha value is -2.57. The summed E-state index contributed by atoms with van der Waals surface area (Å²) in [6, 6.07) is 13.5. The van der Waals surface area contributed by atoms with Crippen molar-refractivity contribution in [3.05, 3.63) is 77.8 Å². The van der Waals surface area contributed by atoms with Crippen molar-refractivity contribution in [2.75, 3.05) is 13.1 Å². The molecule has 0 N–H and O–H groups in total. The first kappa shape index (κ1) is 17.5. The summed E-state index contributed by atoms with van der Waals surface area (Å²) < 4.78 is 36.1.